The Hall–Kier alpha value is -1.86. The number of nitrogens with zero attached hydrogens (tertiary/aromatic N) is 2. The molecule has 0 aliphatic carbocycles. The van der Waals surface area contributed by atoms with E-state index < -0.39 is 10.0 Å². The van der Waals surface area contributed by atoms with Gasteiger partial charge in [-0.25, -0.2) is 8.42 Å². The second-order valence-corrected chi connectivity index (χ2v) is 8.05. The number of hydrogen-bond donors (Lipinski definition) is 0. The number of rotatable bonds is 4. The maximum atomic E-state index is 12.4. The number of carbonyl (C=O) groups is 1. The van der Waals surface area contributed by atoms with Crippen LogP contribution in [0, 0.1) is 0 Å². The van der Waals surface area contributed by atoms with Crippen molar-refractivity contribution in [2.75, 3.05) is 29.6 Å². The normalized spacial score (nSPS) is 11.1. The average Bonchev–Trinajstić information content (AvgIpc) is 2.53. The molecule has 0 fully saturated rings. The Kier molecular flexibility index (Phi) is 5.11. The number of benzene rings is 2. The fourth-order valence-electron chi connectivity index (χ4n) is 1.98. The van der Waals surface area contributed by atoms with Crippen LogP contribution in [0.15, 0.2) is 53.0 Å². The van der Waals surface area contributed by atoms with Gasteiger partial charge in [-0.05, 0) is 48.5 Å². The monoisotopic (exact) mass is 396 g/mol. The molecule has 5 nitrogen and oxygen atoms in total. The highest BCUT2D eigenvalue weighted by atomic mass is 79.9. The summed E-state index contributed by atoms with van der Waals surface area (Å²) < 4.78 is 25.2. The lowest BCUT2D eigenvalue weighted by Gasteiger charge is -2.20. The lowest BCUT2D eigenvalue weighted by Crippen LogP contribution is -2.27. The van der Waals surface area contributed by atoms with Crippen LogP contribution in [0.25, 0.3) is 0 Å². The zero-order valence-electron chi connectivity index (χ0n) is 13.0. The highest BCUT2D eigenvalue weighted by Gasteiger charge is 2.15. The van der Waals surface area contributed by atoms with Crippen LogP contribution >= 0.6 is 15.9 Å². The summed E-state index contributed by atoms with van der Waals surface area (Å²) in [4.78, 5) is 14.0. The Morgan fingerprint density at radius 2 is 1.39 bits per heavy atom. The zero-order chi connectivity index (χ0) is 17.2. The molecule has 7 heteroatoms. The fraction of sp³-hybridized carbons (Fsp3) is 0.188. The Morgan fingerprint density at radius 1 is 0.913 bits per heavy atom. The molecular weight excluding hydrogens is 380 g/mol. The van der Waals surface area contributed by atoms with Gasteiger partial charge in [0.2, 0.25) is 10.0 Å². The Balaban J connectivity index is 2.21. The van der Waals surface area contributed by atoms with Gasteiger partial charge in [0.25, 0.3) is 5.91 Å². The molecule has 0 aromatic heterocycles. The van der Waals surface area contributed by atoms with Crippen molar-refractivity contribution in [1.82, 2.24) is 0 Å². The quantitative estimate of drug-likeness (QED) is 0.797. The summed E-state index contributed by atoms with van der Waals surface area (Å²) in [7, 11) is -0.137. The number of hydrogen-bond acceptors (Lipinski definition) is 3. The van der Waals surface area contributed by atoms with Gasteiger partial charge in [-0.15, -0.1) is 0 Å². The van der Waals surface area contributed by atoms with Crippen LogP contribution in [0.3, 0.4) is 0 Å². The number of sulfonamides is 1. The largest absolute Gasteiger partial charge is 0.311 e. The van der Waals surface area contributed by atoms with Crippen molar-refractivity contribution in [3.8, 4) is 0 Å². The molecular formula is C16H17BrN2O3S. The number of carbonyl (C=O) groups excluding carboxylic acids is 1. The summed E-state index contributed by atoms with van der Waals surface area (Å²) in [5.74, 6) is -0.137. The van der Waals surface area contributed by atoms with Crippen molar-refractivity contribution in [3.63, 3.8) is 0 Å². The number of anilines is 2. The van der Waals surface area contributed by atoms with Gasteiger partial charge in [-0.3, -0.25) is 9.10 Å². The molecule has 23 heavy (non-hydrogen) atoms. The molecule has 0 unspecified atom stereocenters. The van der Waals surface area contributed by atoms with E-state index in [1.54, 1.807) is 43.4 Å². The van der Waals surface area contributed by atoms with Gasteiger partial charge in [-0.2, -0.15) is 0 Å². The summed E-state index contributed by atoms with van der Waals surface area (Å²) in [6, 6.07) is 13.9. The first-order valence-corrected chi connectivity index (χ1v) is 9.42. The Morgan fingerprint density at radius 3 is 1.87 bits per heavy atom. The van der Waals surface area contributed by atoms with Crippen molar-refractivity contribution in [3.05, 3.63) is 58.6 Å². The average molecular weight is 397 g/mol. The second-order valence-electron chi connectivity index (χ2n) is 5.12. The zero-order valence-corrected chi connectivity index (χ0v) is 15.4. The summed E-state index contributed by atoms with van der Waals surface area (Å²) in [6.45, 7) is 0. The number of halogens is 1. The molecule has 2 aromatic carbocycles. The minimum absolute atomic E-state index is 0.137. The molecule has 0 atom stereocenters. The minimum Gasteiger partial charge on any atom is -0.311 e. The minimum atomic E-state index is -3.30. The van der Waals surface area contributed by atoms with Crippen LogP contribution in [0.2, 0.25) is 0 Å². The molecule has 0 aliphatic heterocycles. The maximum Gasteiger partial charge on any atom is 0.258 e. The van der Waals surface area contributed by atoms with E-state index in [0.29, 0.717) is 16.9 Å². The maximum absolute atomic E-state index is 12.4. The van der Waals surface area contributed by atoms with Gasteiger partial charge in [0.05, 0.1) is 11.9 Å². The van der Waals surface area contributed by atoms with Crippen molar-refractivity contribution >= 4 is 43.2 Å². The van der Waals surface area contributed by atoms with Gasteiger partial charge in [0.1, 0.15) is 0 Å². The lowest BCUT2D eigenvalue weighted by atomic mass is 10.2. The topological polar surface area (TPSA) is 57.7 Å². The van der Waals surface area contributed by atoms with E-state index in [2.05, 4.69) is 15.9 Å². The predicted molar refractivity (Wildman–Crippen MR) is 96.6 cm³/mol. The van der Waals surface area contributed by atoms with Crippen molar-refractivity contribution in [2.45, 2.75) is 0 Å². The van der Waals surface area contributed by atoms with Gasteiger partial charge in [0, 0.05) is 29.8 Å². The molecule has 0 bridgehead atoms. The van der Waals surface area contributed by atoms with Crippen LogP contribution in [0.1, 0.15) is 10.4 Å². The summed E-state index contributed by atoms with van der Waals surface area (Å²) in [5, 5.41) is 0. The molecule has 122 valence electrons. The summed E-state index contributed by atoms with van der Waals surface area (Å²) >= 11 is 3.34. The van der Waals surface area contributed by atoms with Crippen LogP contribution in [-0.2, 0) is 10.0 Å². The molecule has 1 amide bonds. The summed E-state index contributed by atoms with van der Waals surface area (Å²) in [5.41, 5.74) is 1.80. The predicted octanol–water partition coefficient (Wildman–Crippen LogP) is 3.12. The second kappa shape index (κ2) is 6.72. The van der Waals surface area contributed by atoms with Gasteiger partial charge in [0.15, 0.2) is 0 Å². The van der Waals surface area contributed by atoms with E-state index in [4.69, 9.17) is 0 Å². The Bertz CT molecular complexity index is 802. The first-order chi connectivity index (χ1) is 10.7. The molecule has 2 aromatic rings. The fourth-order valence-corrected chi connectivity index (χ4v) is 2.75. The third-order valence-corrected chi connectivity index (χ3v) is 5.23. The number of amides is 1. The molecule has 0 saturated heterocycles. The van der Waals surface area contributed by atoms with E-state index in [0.717, 1.165) is 10.7 Å². The Labute approximate surface area is 144 Å². The van der Waals surface area contributed by atoms with E-state index in [9.17, 15) is 13.2 Å². The van der Waals surface area contributed by atoms with Crippen LogP contribution in [0.5, 0.6) is 0 Å². The van der Waals surface area contributed by atoms with Crippen LogP contribution < -0.4 is 9.21 Å². The first-order valence-electron chi connectivity index (χ1n) is 6.78. The molecule has 0 heterocycles. The van der Waals surface area contributed by atoms with Crippen molar-refractivity contribution in [1.29, 1.82) is 0 Å². The third kappa shape index (κ3) is 4.11. The van der Waals surface area contributed by atoms with Crippen LogP contribution in [0.4, 0.5) is 11.4 Å². The molecule has 2 rings (SSSR count). The standard InChI is InChI=1S/C16H17BrN2O3S/c1-18(16(20)12-4-6-13(17)7-5-12)14-8-10-15(11-9-14)19(2)23(3,21)22/h4-11H,1-3H3. The first kappa shape index (κ1) is 17.5. The van der Waals surface area contributed by atoms with E-state index in [-0.39, 0.29) is 5.91 Å². The van der Waals surface area contributed by atoms with Gasteiger partial charge >= 0.3 is 0 Å². The molecule has 0 aliphatic rings. The SMILES string of the molecule is CN(C(=O)c1ccc(Br)cc1)c1ccc(N(C)S(C)(=O)=O)cc1. The lowest BCUT2D eigenvalue weighted by molar-refractivity contribution is 0.0993. The van der Waals surface area contributed by atoms with Gasteiger partial charge < -0.3 is 4.90 Å². The highest BCUT2D eigenvalue weighted by Crippen LogP contribution is 2.22. The van der Waals surface area contributed by atoms with Gasteiger partial charge in [-0.1, -0.05) is 15.9 Å². The smallest absolute Gasteiger partial charge is 0.258 e. The van der Waals surface area contributed by atoms with E-state index >= 15 is 0 Å². The highest BCUT2D eigenvalue weighted by molar-refractivity contribution is 9.10. The van der Waals surface area contributed by atoms with Crippen LogP contribution in [-0.4, -0.2) is 34.7 Å². The molecule has 0 N–H and O–H groups in total. The molecule has 0 radical (unpaired) electrons. The molecule has 0 saturated carbocycles. The third-order valence-electron chi connectivity index (χ3n) is 3.49. The van der Waals surface area contributed by atoms with Crippen molar-refractivity contribution < 1.29 is 13.2 Å². The van der Waals surface area contributed by atoms with Crippen molar-refractivity contribution in [2.24, 2.45) is 0 Å². The van der Waals surface area contributed by atoms with E-state index in [1.165, 1.54) is 16.3 Å². The summed E-state index contributed by atoms with van der Waals surface area (Å²) in [6.07, 6.45) is 1.14. The molecule has 0 spiro atoms. The van der Waals surface area contributed by atoms with E-state index in [1.807, 2.05) is 12.1 Å².